The van der Waals surface area contributed by atoms with Crippen LogP contribution in [0.2, 0.25) is 0 Å². The van der Waals surface area contributed by atoms with Crippen molar-refractivity contribution in [3.05, 3.63) is 59.7 Å². The largest absolute Gasteiger partial charge is 0.493 e. The van der Waals surface area contributed by atoms with E-state index < -0.39 is 17.5 Å². The first-order valence-corrected chi connectivity index (χ1v) is 9.96. The van der Waals surface area contributed by atoms with Crippen LogP contribution in [-0.4, -0.2) is 54.0 Å². The Morgan fingerprint density at radius 2 is 1.93 bits per heavy atom. The third kappa shape index (κ3) is 4.71. The average molecular weight is 399 g/mol. The highest BCUT2D eigenvalue weighted by atomic mass is 16.5. The predicted molar refractivity (Wildman–Crippen MR) is 110 cm³/mol. The Morgan fingerprint density at radius 3 is 2.55 bits per heavy atom. The lowest BCUT2D eigenvalue weighted by Gasteiger charge is -2.43. The molecule has 0 spiro atoms. The number of methoxy groups -OCH3 is 1. The molecule has 29 heavy (non-hydrogen) atoms. The standard InChI is InChI=1S/C23H29NO5/c1-3-29-19-10-9-18(13-20(19)28-2)15-24-12-11-23(22(26)27,21(25)16-24)14-17-7-5-4-6-8-17/h4-10,13,21,25H,3,11-12,14-16H2,1-2H3,(H,26,27)/t21-,23+/m0/s1. The molecular formula is C23H29NO5. The third-order valence-corrected chi connectivity index (χ3v) is 5.67. The van der Waals surface area contributed by atoms with Crippen LogP contribution >= 0.6 is 0 Å². The van der Waals surface area contributed by atoms with Crippen molar-refractivity contribution in [2.24, 2.45) is 5.41 Å². The first-order valence-electron chi connectivity index (χ1n) is 9.96. The van der Waals surface area contributed by atoms with Gasteiger partial charge in [-0.2, -0.15) is 0 Å². The maximum absolute atomic E-state index is 12.1. The molecule has 1 aliphatic rings. The van der Waals surface area contributed by atoms with Crippen LogP contribution in [0.4, 0.5) is 0 Å². The lowest BCUT2D eigenvalue weighted by molar-refractivity contribution is -0.163. The van der Waals surface area contributed by atoms with Crippen molar-refractivity contribution in [3.63, 3.8) is 0 Å². The van der Waals surface area contributed by atoms with Crippen LogP contribution in [-0.2, 0) is 17.8 Å². The second-order valence-electron chi connectivity index (χ2n) is 7.54. The number of hydrogen-bond acceptors (Lipinski definition) is 5. The Balaban J connectivity index is 1.71. The predicted octanol–water partition coefficient (Wildman–Crippen LogP) is 2.97. The number of carbonyl (C=O) groups is 1. The van der Waals surface area contributed by atoms with Gasteiger partial charge >= 0.3 is 5.97 Å². The van der Waals surface area contributed by atoms with Gasteiger partial charge in [-0.05, 0) is 49.6 Å². The highest BCUT2D eigenvalue weighted by Crippen LogP contribution is 2.37. The number of ether oxygens (including phenoxy) is 2. The number of rotatable bonds is 8. The lowest BCUT2D eigenvalue weighted by Crippen LogP contribution is -2.55. The number of aliphatic carboxylic acids is 1. The number of hydrogen-bond donors (Lipinski definition) is 2. The summed E-state index contributed by atoms with van der Waals surface area (Å²) in [6.45, 7) is 4.01. The molecule has 3 rings (SSSR count). The van der Waals surface area contributed by atoms with Crippen molar-refractivity contribution >= 4 is 5.97 Å². The second-order valence-corrected chi connectivity index (χ2v) is 7.54. The van der Waals surface area contributed by atoms with E-state index in [1.54, 1.807) is 7.11 Å². The zero-order valence-corrected chi connectivity index (χ0v) is 17.0. The molecule has 1 aliphatic heterocycles. The smallest absolute Gasteiger partial charge is 0.312 e. The molecule has 2 aromatic rings. The summed E-state index contributed by atoms with van der Waals surface area (Å²) in [6, 6.07) is 15.3. The van der Waals surface area contributed by atoms with Gasteiger partial charge in [-0.3, -0.25) is 9.69 Å². The Labute approximate surface area is 171 Å². The Morgan fingerprint density at radius 1 is 1.17 bits per heavy atom. The fraction of sp³-hybridized carbons (Fsp3) is 0.435. The van der Waals surface area contributed by atoms with Gasteiger partial charge in [-0.1, -0.05) is 36.4 Å². The Bertz CT molecular complexity index is 825. The molecule has 1 fully saturated rings. The van der Waals surface area contributed by atoms with E-state index in [4.69, 9.17) is 9.47 Å². The molecule has 0 unspecified atom stereocenters. The van der Waals surface area contributed by atoms with Crippen LogP contribution in [0.5, 0.6) is 11.5 Å². The minimum absolute atomic E-state index is 0.314. The van der Waals surface area contributed by atoms with Crippen LogP contribution < -0.4 is 9.47 Å². The molecule has 156 valence electrons. The van der Waals surface area contributed by atoms with Gasteiger partial charge in [0.25, 0.3) is 0 Å². The van der Waals surface area contributed by atoms with E-state index in [9.17, 15) is 15.0 Å². The Kier molecular flexibility index (Phi) is 6.77. The summed E-state index contributed by atoms with van der Waals surface area (Å²) >= 11 is 0. The second kappa shape index (κ2) is 9.29. The van der Waals surface area contributed by atoms with Crippen LogP contribution in [0.15, 0.2) is 48.5 Å². The van der Waals surface area contributed by atoms with E-state index in [-0.39, 0.29) is 0 Å². The number of carboxylic acid groups (broad SMARTS) is 1. The van der Waals surface area contributed by atoms with Gasteiger partial charge < -0.3 is 19.7 Å². The number of β-amino-alcohol motifs (C(OH)–C–C–N with tert-alkyl or cyclic N) is 1. The van der Waals surface area contributed by atoms with Gasteiger partial charge in [0.15, 0.2) is 11.5 Å². The number of likely N-dealkylation sites (tertiary alicyclic amines) is 1. The van der Waals surface area contributed by atoms with Crippen LogP contribution in [0.3, 0.4) is 0 Å². The van der Waals surface area contributed by atoms with E-state index >= 15 is 0 Å². The lowest BCUT2D eigenvalue weighted by atomic mass is 9.71. The van der Waals surface area contributed by atoms with Crippen molar-refractivity contribution < 1.29 is 24.5 Å². The molecule has 6 nitrogen and oxygen atoms in total. The molecule has 2 N–H and O–H groups in total. The quantitative estimate of drug-likeness (QED) is 0.711. The van der Waals surface area contributed by atoms with E-state index in [0.29, 0.717) is 50.6 Å². The third-order valence-electron chi connectivity index (χ3n) is 5.67. The average Bonchev–Trinajstić information content (AvgIpc) is 2.72. The molecule has 2 aromatic carbocycles. The van der Waals surface area contributed by atoms with Crippen LogP contribution in [0, 0.1) is 5.41 Å². The molecule has 1 heterocycles. The summed E-state index contributed by atoms with van der Waals surface area (Å²) in [7, 11) is 1.61. The number of aliphatic hydroxyl groups is 1. The molecule has 0 bridgehead atoms. The van der Waals surface area contributed by atoms with E-state index in [1.165, 1.54) is 0 Å². The van der Waals surface area contributed by atoms with E-state index in [1.807, 2.05) is 55.5 Å². The zero-order chi connectivity index (χ0) is 20.9. The van der Waals surface area contributed by atoms with Gasteiger partial charge in [-0.15, -0.1) is 0 Å². The first kappa shape index (κ1) is 21.1. The molecule has 0 saturated carbocycles. The highest BCUT2D eigenvalue weighted by molar-refractivity contribution is 5.76. The normalized spacial score (nSPS) is 22.2. The summed E-state index contributed by atoms with van der Waals surface area (Å²) in [5.41, 5.74) is 0.802. The highest BCUT2D eigenvalue weighted by Gasteiger charge is 2.48. The van der Waals surface area contributed by atoms with Gasteiger partial charge in [0.1, 0.15) is 5.41 Å². The Hall–Kier alpha value is -2.57. The maximum atomic E-state index is 12.1. The maximum Gasteiger partial charge on any atom is 0.312 e. The molecule has 0 aromatic heterocycles. The number of nitrogens with zero attached hydrogens (tertiary/aromatic N) is 1. The van der Waals surface area contributed by atoms with Crippen LogP contribution in [0.1, 0.15) is 24.5 Å². The summed E-state index contributed by atoms with van der Waals surface area (Å²) in [5.74, 6) is 0.437. The number of piperidine rings is 1. The number of carboxylic acids is 1. The minimum atomic E-state index is -1.16. The van der Waals surface area contributed by atoms with Gasteiger partial charge in [0.2, 0.25) is 0 Å². The molecule has 6 heteroatoms. The van der Waals surface area contributed by atoms with Gasteiger partial charge in [-0.25, -0.2) is 0 Å². The zero-order valence-electron chi connectivity index (χ0n) is 17.0. The fourth-order valence-corrected chi connectivity index (χ4v) is 4.01. The van der Waals surface area contributed by atoms with Crippen molar-refractivity contribution in [1.29, 1.82) is 0 Å². The SMILES string of the molecule is CCOc1ccc(CN2CC[C@](Cc3ccccc3)(C(=O)O)[C@@H](O)C2)cc1OC. The van der Waals surface area contributed by atoms with Crippen molar-refractivity contribution in [2.75, 3.05) is 26.8 Å². The van der Waals surface area contributed by atoms with E-state index in [2.05, 4.69) is 4.90 Å². The molecule has 2 atom stereocenters. The number of aliphatic hydroxyl groups excluding tert-OH is 1. The molecule has 0 radical (unpaired) electrons. The molecule has 0 aliphatic carbocycles. The monoisotopic (exact) mass is 399 g/mol. The summed E-state index contributed by atoms with van der Waals surface area (Å²) < 4.78 is 11.0. The van der Waals surface area contributed by atoms with Crippen LogP contribution in [0.25, 0.3) is 0 Å². The van der Waals surface area contributed by atoms with Crippen molar-refractivity contribution in [2.45, 2.75) is 32.4 Å². The van der Waals surface area contributed by atoms with Crippen molar-refractivity contribution in [3.8, 4) is 11.5 Å². The summed E-state index contributed by atoms with van der Waals surface area (Å²) in [4.78, 5) is 14.2. The van der Waals surface area contributed by atoms with E-state index in [0.717, 1.165) is 11.1 Å². The van der Waals surface area contributed by atoms with Gasteiger partial charge in [0.05, 0.1) is 19.8 Å². The minimum Gasteiger partial charge on any atom is -0.493 e. The van der Waals surface area contributed by atoms with Crippen molar-refractivity contribution in [1.82, 2.24) is 4.90 Å². The number of benzene rings is 2. The summed E-state index contributed by atoms with van der Waals surface area (Å²) in [5, 5.41) is 20.8. The molecule has 0 amide bonds. The fourth-order valence-electron chi connectivity index (χ4n) is 4.01. The summed E-state index contributed by atoms with van der Waals surface area (Å²) in [6.07, 6.45) is -0.222. The first-order chi connectivity index (χ1) is 14.0. The van der Waals surface area contributed by atoms with Gasteiger partial charge in [0, 0.05) is 13.1 Å². The topological polar surface area (TPSA) is 79.2 Å². The molecular weight excluding hydrogens is 370 g/mol. The molecule has 1 saturated heterocycles.